The van der Waals surface area contributed by atoms with Gasteiger partial charge in [0.2, 0.25) is 0 Å². The molecule has 0 saturated heterocycles. The fourth-order valence-electron chi connectivity index (χ4n) is 1.14. The predicted octanol–water partition coefficient (Wildman–Crippen LogP) is 1.46. The lowest BCUT2D eigenvalue weighted by Gasteiger charge is -2.26. The van der Waals surface area contributed by atoms with Gasteiger partial charge in [0, 0.05) is 0 Å². The fraction of sp³-hybridized carbons (Fsp3) is 0.800. The highest BCUT2D eigenvalue weighted by Gasteiger charge is 2.21. The Morgan fingerprint density at radius 2 is 2.23 bits per heavy atom. The van der Waals surface area contributed by atoms with Crippen LogP contribution in [0.2, 0.25) is 0 Å². The van der Waals surface area contributed by atoms with Crippen LogP contribution in [0.4, 0.5) is 0 Å². The summed E-state index contributed by atoms with van der Waals surface area (Å²) < 4.78 is 10.8. The standard InChI is InChI=1S/C10H18O3/c1-3-4-7-12-10-6-5-9(11)8(2)13-10/h5-6,8-11H,3-4,7H2,1-2H3/t8-,9+,10+/m1/s1. The van der Waals surface area contributed by atoms with Crippen molar-refractivity contribution in [1.29, 1.82) is 0 Å². The van der Waals surface area contributed by atoms with Crippen LogP contribution in [0.3, 0.4) is 0 Å². The summed E-state index contributed by atoms with van der Waals surface area (Å²) in [6.07, 6.45) is 4.72. The molecule has 3 atom stereocenters. The van der Waals surface area contributed by atoms with Crippen molar-refractivity contribution < 1.29 is 14.6 Å². The minimum absolute atomic E-state index is 0.170. The first-order valence-electron chi connectivity index (χ1n) is 4.87. The summed E-state index contributed by atoms with van der Waals surface area (Å²) in [5, 5.41) is 9.30. The van der Waals surface area contributed by atoms with Gasteiger partial charge in [0.05, 0.1) is 18.8 Å². The summed E-state index contributed by atoms with van der Waals surface area (Å²) in [6, 6.07) is 0. The Morgan fingerprint density at radius 3 is 2.85 bits per heavy atom. The van der Waals surface area contributed by atoms with E-state index in [4.69, 9.17) is 9.47 Å². The molecule has 1 aliphatic heterocycles. The van der Waals surface area contributed by atoms with E-state index in [0.29, 0.717) is 6.61 Å². The maximum atomic E-state index is 9.30. The molecule has 0 aromatic heterocycles. The van der Waals surface area contributed by atoms with Crippen LogP contribution in [0.25, 0.3) is 0 Å². The molecule has 0 aromatic carbocycles. The molecule has 0 aromatic rings. The van der Waals surface area contributed by atoms with Crippen molar-refractivity contribution in [2.75, 3.05) is 6.61 Å². The lowest BCUT2D eigenvalue weighted by atomic mass is 10.2. The van der Waals surface area contributed by atoms with E-state index in [1.807, 2.05) is 6.92 Å². The Morgan fingerprint density at radius 1 is 1.46 bits per heavy atom. The zero-order valence-electron chi connectivity index (χ0n) is 8.27. The van der Waals surface area contributed by atoms with Gasteiger partial charge in [-0.1, -0.05) is 19.4 Å². The van der Waals surface area contributed by atoms with Crippen LogP contribution in [0.15, 0.2) is 12.2 Å². The number of ether oxygens (including phenoxy) is 2. The lowest BCUT2D eigenvalue weighted by molar-refractivity contribution is -0.165. The Kier molecular flexibility index (Phi) is 4.42. The average Bonchev–Trinajstić information content (AvgIpc) is 2.12. The SMILES string of the molecule is CCCCO[C@@H]1C=C[C@H](O)[C@@H](C)O1. The number of hydrogen-bond acceptors (Lipinski definition) is 3. The van der Waals surface area contributed by atoms with Crippen LogP contribution in [0, 0.1) is 0 Å². The number of unbranched alkanes of at least 4 members (excludes halogenated alkanes) is 1. The quantitative estimate of drug-likeness (QED) is 0.533. The predicted molar refractivity (Wildman–Crippen MR) is 50.3 cm³/mol. The van der Waals surface area contributed by atoms with Gasteiger partial charge in [-0.15, -0.1) is 0 Å². The zero-order valence-corrected chi connectivity index (χ0v) is 8.27. The van der Waals surface area contributed by atoms with Crippen LogP contribution in [-0.2, 0) is 9.47 Å². The molecule has 1 heterocycles. The molecule has 0 aliphatic carbocycles. The van der Waals surface area contributed by atoms with E-state index in [1.165, 1.54) is 0 Å². The molecule has 0 bridgehead atoms. The highest BCUT2D eigenvalue weighted by Crippen LogP contribution is 2.13. The number of hydrogen-bond donors (Lipinski definition) is 1. The van der Waals surface area contributed by atoms with Crippen molar-refractivity contribution >= 4 is 0 Å². The molecule has 76 valence electrons. The smallest absolute Gasteiger partial charge is 0.177 e. The second kappa shape index (κ2) is 5.37. The van der Waals surface area contributed by atoms with E-state index < -0.39 is 6.10 Å². The zero-order chi connectivity index (χ0) is 9.68. The summed E-state index contributed by atoms with van der Waals surface area (Å²) in [4.78, 5) is 0. The molecule has 0 fully saturated rings. The van der Waals surface area contributed by atoms with E-state index in [0.717, 1.165) is 12.8 Å². The molecule has 0 radical (unpaired) electrons. The molecule has 13 heavy (non-hydrogen) atoms. The van der Waals surface area contributed by atoms with Gasteiger partial charge in [-0.3, -0.25) is 0 Å². The van der Waals surface area contributed by atoms with E-state index in [9.17, 15) is 5.11 Å². The van der Waals surface area contributed by atoms with E-state index in [-0.39, 0.29) is 12.4 Å². The topological polar surface area (TPSA) is 38.7 Å². The van der Waals surface area contributed by atoms with Crippen molar-refractivity contribution in [2.45, 2.75) is 45.2 Å². The third kappa shape index (κ3) is 3.46. The molecule has 0 amide bonds. The highest BCUT2D eigenvalue weighted by molar-refractivity contribution is 4.98. The van der Waals surface area contributed by atoms with Crippen molar-refractivity contribution in [3.05, 3.63) is 12.2 Å². The van der Waals surface area contributed by atoms with Gasteiger partial charge < -0.3 is 14.6 Å². The summed E-state index contributed by atoms with van der Waals surface area (Å²) in [5.74, 6) is 0. The first-order valence-corrected chi connectivity index (χ1v) is 4.87. The molecule has 1 rings (SSSR count). The first kappa shape index (κ1) is 10.7. The molecule has 1 N–H and O–H groups in total. The van der Waals surface area contributed by atoms with Crippen molar-refractivity contribution in [3.8, 4) is 0 Å². The van der Waals surface area contributed by atoms with Gasteiger partial charge in [-0.25, -0.2) is 0 Å². The molecular formula is C10H18O3. The van der Waals surface area contributed by atoms with E-state index >= 15 is 0 Å². The Bertz CT molecular complexity index is 168. The number of aliphatic hydroxyl groups excluding tert-OH is 1. The van der Waals surface area contributed by atoms with Gasteiger partial charge in [-0.2, -0.15) is 0 Å². The Labute approximate surface area is 79.3 Å². The normalized spacial score (nSPS) is 33.6. The molecule has 0 unspecified atom stereocenters. The van der Waals surface area contributed by atoms with Gasteiger partial charge in [0.25, 0.3) is 0 Å². The number of rotatable bonds is 4. The summed E-state index contributed by atoms with van der Waals surface area (Å²) in [7, 11) is 0. The summed E-state index contributed by atoms with van der Waals surface area (Å²) in [6.45, 7) is 4.67. The fourth-order valence-corrected chi connectivity index (χ4v) is 1.14. The van der Waals surface area contributed by atoms with Gasteiger partial charge in [0.1, 0.15) is 0 Å². The van der Waals surface area contributed by atoms with Crippen LogP contribution < -0.4 is 0 Å². The average molecular weight is 186 g/mol. The van der Waals surface area contributed by atoms with Crippen LogP contribution >= 0.6 is 0 Å². The minimum atomic E-state index is -0.494. The number of aliphatic hydroxyl groups is 1. The second-order valence-electron chi connectivity index (χ2n) is 3.31. The van der Waals surface area contributed by atoms with Crippen molar-refractivity contribution in [2.24, 2.45) is 0 Å². The summed E-state index contributed by atoms with van der Waals surface area (Å²) >= 11 is 0. The third-order valence-corrected chi connectivity index (χ3v) is 2.08. The molecular weight excluding hydrogens is 168 g/mol. The second-order valence-corrected chi connectivity index (χ2v) is 3.31. The molecule has 0 spiro atoms. The van der Waals surface area contributed by atoms with Crippen molar-refractivity contribution in [1.82, 2.24) is 0 Å². The maximum Gasteiger partial charge on any atom is 0.177 e. The van der Waals surface area contributed by atoms with Gasteiger partial charge in [-0.05, 0) is 19.4 Å². The van der Waals surface area contributed by atoms with E-state index in [1.54, 1.807) is 12.2 Å². The van der Waals surface area contributed by atoms with Crippen LogP contribution in [0.5, 0.6) is 0 Å². The van der Waals surface area contributed by atoms with Crippen molar-refractivity contribution in [3.63, 3.8) is 0 Å². The van der Waals surface area contributed by atoms with Crippen LogP contribution in [-0.4, -0.2) is 30.2 Å². The molecule has 0 saturated carbocycles. The monoisotopic (exact) mass is 186 g/mol. The largest absolute Gasteiger partial charge is 0.386 e. The molecule has 3 heteroatoms. The lowest BCUT2D eigenvalue weighted by Crippen LogP contribution is -2.34. The first-order chi connectivity index (χ1) is 6.24. The summed E-state index contributed by atoms with van der Waals surface area (Å²) in [5.41, 5.74) is 0. The molecule has 3 nitrogen and oxygen atoms in total. The third-order valence-electron chi connectivity index (χ3n) is 2.08. The van der Waals surface area contributed by atoms with Gasteiger partial charge >= 0.3 is 0 Å². The minimum Gasteiger partial charge on any atom is -0.386 e. The molecule has 1 aliphatic rings. The maximum absolute atomic E-state index is 9.30. The Hall–Kier alpha value is -0.380. The Balaban J connectivity index is 2.24. The van der Waals surface area contributed by atoms with E-state index in [2.05, 4.69) is 6.92 Å². The highest BCUT2D eigenvalue weighted by atomic mass is 16.7. The van der Waals surface area contributed by atoms with Crippen LogP contribution in [0.1, 0.15) is 26.7 Å². The van der Waals surface area contributed by atoms with Gasteiger partial charge in [0.15, 0.2) is 6.29 Å².